The van der Waals surface area contributed by atoms with Gasteiger partial charge in [0.1, 0.15) is 0 Å². The van der Waals surface area contributed by atoms with E-state index in [9.17, 15) is 4.79 Å². The van der Waals surface area contributed by atoms with Crippen molar-refractivity contribution in [3.05, 3.63) is 60.0 Å². The zero-order valence-electron chi connectivity index (χ0n) is 15.3. The molecule has 1 heterocycles. The Bertz CT molecular complexity index is 893. The molecule has 1 N–H and O–H groups in total. The van der Waals surface area contributed by atoms with Gasteiger partial charge in [-0.2, -0.15) is 4.98 Å². The van der Waals surface area contributed by atoms with E-state index in [-0.39, 0.29) is 12.3 Å². The Kier molecular flexibility index (Phi) is 6.04. The fourth-order valence-corrected chi connectivity index (χ4v) is 2.55. The first-order valence-electron chi connectivity index (χ1n) is 8.55. The van der Waals surface area contributed by atoms with Crippen molar-refractivity contribution in [3.63, 3.8) is 0 Å². The summed E-state index contributed by atoms with van der Waals surface area (Å²) in [5.74, 6) is 2.00. The van der Waals surface area contributed by atoms with Gasteiger partial charge < -0.3 is 19.3 Å². The molecule has 140 valence electrons. The van der Waals surface area contributed by atoms with Crippen molar-refractivity contribution in [2.75, 3.05) is 14.2 Å². The molecule has 3 rings (SSSR count). The van der Waals surface area contributed by atoms with E-state index in [1.54, 1.807) is 26.4 Å². The molecule has 0 saturated carbocycles. The van der Waals surface area contributed by atoms with Crippen LogP contribution in [0.2, 0.25) is 0 Å². The first-order chi connectivity index (χ1) is 13.2. The molecule has 0 saturated heterocycles. The Morgan fingerprint density at radius 1 is 1.07 bits per heavy atom. The van der Waals surface area contributed by atoms with Crippen LogP contribution >= 0.6 is 0 Å². The molecule has 0 spiro atoms. The Hall–Kier alpha value is -3.35. The summed E-state index contributed by atoms with van der Waals surface area (Å²) in [7, 11) is 3.14. The summed E-state index contributed by atoms with van der Waals surface area (Å²) in [4.78, 5) is 16.3. The van der Waals surface area contributed by atoms with Gasteiger partial charge in [-0.1, -0.05) is 35.5 Å². The quantitative estimate of drug-likeness (QED) is 0.659. The van der Waals surface area contributed by atoms with Gasteiger partial charge in [-0.05, 0) is 23.8 Å². The van der Waals surface area contributed by atoms with Gasteiger partial charge in [0, 0.05) is 24.9 Å². The Labute approximate surface area is 157 Å². The molecule has 0 aliphatic rings. The number of hydrogen-bond donors (Lipinski definition) is 1. The number of hydrogen-bond acceptors (Lipinski definition) is 6. The molecule has 1 aromatic heterocycles. The van der Waals surface area contributed by atoms with Gasteiger partial charge in [0.05, 0.1) is 14.2 Å². The zero-order valence-corrected chi connectivity index (χ0v) is 15.3. The standard InChI is InChI=1S/C20H21N3O4/c1-25-16-9-8-15(12-17(16)26-2)20-22-19(27-23-20)11-10-18(24)21-13-14-6-4-3-5-7-14/h3-9,12H,10-11,13H2,1-2H3,(H,21,24). The molecule has 1 amide bonds. The highest BCUT2D eigenvalue weighted by Gasteiger charge is 2.13. The minimum absolute atomic E-state index is 0.0651. The molecule has 0 aliphatic heterocycles. The van der Waals surface area contributed by atoms with E-state index < -0.39 is 0 Å². The first kappa shape index (κ1) is 18.4. The summed E-state index contributed by atoms with van der Waals surface area (Å²) in [6, 6.07) is 15.1. The summed E-state index contributed by atoms with van der Waals surface area (Å²) in [5.41, 5.74) is 1.80. The minimum atomic E-state index is -0.0651. The molecule has 0 unspecified atom stereocenters. The van der Waals surface area contributed by atoms with Gasteiger partial charge in [-0.25, -0.2) is 0 Å². The molecule has 0 fully saturated rings. The smallest absolute Gasteiger partial charge is 0.227 e. The molecule has 3 aromatic rings. The van der Waals surface area contributed by atoms with Gasteiger partial charge in [0.15, 0.2) is 11.5 Å². The predicted molar refractivity (Wildman–Crippen MR) is 99.4 cm³/mol. The molecular weight excluding hydrogens is 346 g/mol. The lowest BCUT2D eigenvalue weighted by atomic mass is 10.2. The van der Waals surface area contributed by atoms with Gasteiger partial charge in [-0.3, -0.25) is 4.79 Å². The number of carbonyl (C=O) groups is 1. The van der Waals surface area contributed by atoms with Crippen molar-refractivity contribution in [2.45, 2.75) is 19.4 Å². The number of rotatable bonds is 8. The monoisotopic (exact) mass is 367 g/mol. The first-order valence-corrected chi connectivity index (χ1v) is 8.55. The lowest BCUT2D eigenvalue weighted by Gasteiger charge is -2.07. The summed E-state index contributed by atoms with van der Waals surface area (Å²) in [5, 5.41) is 6.85. The van der Waals surface area contributed by atoms with E-state index in [1.807, 2.05) is 36.4 Å². The van der Waals surface area contributed by atoms with Crippen molar-refractivity contribution < 1.29 is 18.8 Å². The minimum Gasteiger partial charge on any atom is -0.493 e. The van der Waals surface area contributed by atoms with Crippen molar-refractivity contribution in [1.82, 2.24) is 15.5 Å². The number of aromatic nitrogens is 2. The normalized spacial score (nSPS) is 10.4. The van der Waals surface area contributed by atoms with E-state index in [0.717, 1.165) is 11.1 Å². The fourth-order valence-electron chi connectivity index (χ4n) is 2.55. The van der Waals surface area contributed by atoms with Crippen molar-refractivity contribution >= 4 is 5.91 Å². The second-order valence-electron chi connectivity index (χ2n) is 5.84. The van der Waals surface area contributed by atoms with Crippen LogP contribution in [0.1, 0.15) is 17.9 Å². The molecule has 27 heavy (non-hydrogen) atoms. The van der Waals surface area contributed by atoms with Crippen LogP contribution in [0.4, 0.5) is 0 Å². The number of carbonyl (C=O) groups excluding carboxylic acids is 1. The Balaban J connectivity index is 1.55. The van der Waals surface area contributed by atoms with Gasteiger partial charge in [0.2, 0.25) is 17.6 Å². The van der Waals surface area contributed by atoms with Gasteiger partial charge in [0.25, 0.3) is 0 Å². The molecule has 0 bridgehead atoms. The van der Waals surface area contributed by atoms with E-state index >= 15 is 0 Å². The van der Waals surface area contributed by atoms with Crippen LogP contribution in [0.5, 0.6) is 11.5 Å². The highest BCUT2D eigenvalue weighted by atomic mass is 16.5. The van der Waals surface area contributed by atoms with Crippen LogP contribution in [0.3, 0.4) is 0 Å². The van der Waals surface area contributed by atoms with Crippen LogP contribution in [-0.4, -0.2) is 30.3 Å². The van der Waals surface area contributed by atoms with Gasteiger partial charge in [-0.15, -0.1) is 0 Å². The number of methoxy groups -OCH3 is 2. The van der Waals surface area contributed by atoms with Crippen LogP contribution in [0, 0.1) is 0 Å². The molecule has 0 aliphatic carbocycles. The van der Waals surface area contributed by atoms with Gasteiger partial charge >= 0.3 is 0 Å². The maximum Gasteiger partial charge on any atom is 0.227 e. The SMILES string of the molecule is COc1ccc(-c2noc(CCC(=O)NCc3ccccc3)n2)cc1OC. The zero-order chi connectivity index (χ0) is 19.1. The number of nitrogens with zero attached hydrogens (tertiary/aromatic N) is 2. The number of nitrogens with one attached hydrogen (secondary N) is 1. The predicted octanol–water partition coefficient (Wildman–Crippen LogP) is 3.00. The topological polar surface area (TPSA) is 86.5 Å². The lowest BCUT2D eigenvalue weighted by Crippen LogP contribution is -2.22. The molecule has 7 nitrogen and oxygen atoms in total. The molecular formula is C20H21N3O4. The summed E-state index contributed by atoms with van der Waals surface area (Å²) >= 11 is 0. The molecule has 0 radical (unpaired) electrons. The molecule has 7 heteroatoms. The third-order valence-corrected chi connectivity index (χ3v) is 4.01. The van der Waals surface area contributed by atoms with E-state index in [2.05, 4.69) is 15.5 Å². The number of benzene rings is 2. The largest absolute Gasteiger partial charge is 0.493 e. The van der Waals surface area contributed by atoms with Crippen molar-refractivity contribution in [3.8, 4) is 22.9 Å². The number of ether oxygens (including phenoxy) is 2. The Morgan fingerprint density at radius 3 is 2.59 bits per heavy atom. The Morgan fingerprint density at radius 2 is 1.85 bits per heavy atom. The van der Waals surface area contributed by atoms with Crippen LogP contribution < -0.4 is 14.8 Å². The lowest BCUT2D eigenvalue weighted by molar-refractivity contribution is -0.121. The maximum absolute atomic E-state index is 12.0. The second-order valence-corrected chi connectivity index (χ2v) is 5.84. The summed E-state index contributed by atoms with van der Waals surface area (Å²) in [6.45, 7) is 0.500. The maximum atomic E-state index is 12.0. The highest BCUT2D eigenvalue weighted by Crippen LogP contribution is 2.31. The van der Waals surface area contributed by atoms with Crippen molar-refractivity contribution in [2.24, 2.45) is 0 Å². The fraction of sp³-hybridized carbons (Fsp3) is 0.250. The van der Waals surface area contributed by atoms with Crippen molar-refractivity contribution in [1.29, 1.82) is 0 Å². The van der Waals surface area contributed by atoms with Crippen LogP contribution in [-0.2, 0) is 17.8 Å². The second kappa shape index (κ2) is 8.84. The summed E-state index contributed by atoms with van der Waals surface area (Å²) < 4.78 is 15.8. The summed E-state index contributed by atoms with van der Waals surface area (Å²) in [6.07, 6.45) is 0.654. The third kappa shape index (κ3) is 4.84. The number of amides is 1. The number of aryl methyl sites for hydroxylation is 1. The average Bonchev–Trinajstić information content (AvgIpc) is 3.20. The third-order valence-electron chi connectivity index (χ3n) is 4.01. The van der Waals surface area contributed by atoms with E-state index in [4.69, 9.17) is 14.0 Å². The van der Waals surface area contributed by atoms with E-state index in [1.165, 1.54) is 0 Å². The molecule has 2 aromatic carbocycles. The van der Waals surface area contributed by atoms with Crippen LogP contribution in [0.15, 0.2) is 53.1 Å². The highest BCUT2D eigenvalue weighted by molar-refractivity contribution is 5.76. The van der Waals surface area contributed by atoms with Crippen LogP contribution in [0.25, 0.3) is 11.4 Å². The molecule has 0 atom stereocenters. The van der Waals surface area contributed by atoms with E-state index in [0.29, 0.717) is 36.2 Å². The average molecular weight is 367 g/mol.